The van der Waals surface area contributed by atoms with E-state index in [0.29, 0.717) is 22.8 Å². The van der Waals surface area contributed by atoms with Gasteiger partial charge < -0.3 is 20.2 Å². The van der Waals surface area contributed by atoms with Crippen LogP contribution in [0.5, 0.6) is 0 Å². The molecule has 0 amide bonds. The molecule has 0 saturated carbocycles. The van der Waals surface area contributed by atoms with E-state index in [4.69, 9.17) is 0 Å². The number of nitrogens with one attached hydrogen (secondary N) is 1. The lowest BCUT2D eigenvalue weighted by Crippen LogP contribution is -2.44. The second kappa shape index (κ2) is 9.03. The van der Waals surface area contributed by atoms with Crippen molar-refractivity contribution in [2.45, 2.75) is 6.42 Å². The highest BCUT2D eigenvalue weighted by Crippen LogP contribution is 2.35. The average Bonchev–Trinajstić information content (AvgIpc) is 3.17. The predicted molar refractivity (Wildman–Crippen MR) is 117 cm³/mol. The highest BCUT2D eigenvalue weighted by Gasteiger charge is 2.17. The van der Waals surface area contributed by atoms with Crippen molar-refractivity contribution in [3.05, 3.63) is 41.8 Å². The number of carboxylic acids is 1. The third-order valence-corrected chi connectivity index (χ3v) is 6.41. The number of nitrogens with zero attached hydrogens (tertiary/aromatic N) is 4. The number of aromatic carboxylic acids is 1. The molecule has 0 aliphatic carbocycles. The Morgan fingerprint density at radius 3 is 2.87 bits per heavy atom. The Bertz CT molecular complexity index is 1050. The lowest BCUT2D eigenvalue weighted by Gasteiger charge is -2.32. The Hall–Kier alpha value is -2.62. The molecule has 2 aromatic heterocycles. The van der Waals surface area contributed by atoms with E-state index in [0.717, 1.165) is 50.0 Å². The van der Waals surface area contributed by atoms with Gasteiger partial charge in [-0.15, -0.1) is 11.3 Å². The van der Waals surface area contributed by atoms with Gasteiger partial charge >= 0.3 is 5.97 Å². The van der Waals surface area contributed by atoms with E-state index in [1.165, 1.54) is 11.3 Å². The number of hydrogen-bond donors (Lipinski definition) is 2. The molecule has 1 aliphatic heterocycles. The summed E-state index contributed by atoms with van der Waals surface area (Å²) in [6.45, 7) is 6.05. The van der Waals surface area contributed by atoms with Gasteiger partial charge in [0.05, 0.1) is 16.6 Å². The summed E-state index contributed by atoms with van der Waals surface area (Å²) in [4.78, 5) is 25.2. The SMILES string of the molecule is CN1CCN(CCCNc2ncc(F)c(-c3cc4c(C(=O)O)cccc4s3)n2)CC1. The number of benzene rings is 1. The second-order valence-corrected chi connectivity index (χ2v) is 8.53. The number of hydrogen-bond acceptors (Lipinski definition) is 7. The molecular formula is C21H24FN5O2S. The predicted octanol–water partition coefficient (Wildman–Crippen LogP) is 3.25. The van der Waals surface area contributed by atoms with Crippen molar-refractivity contribution in [3.63, 3.8) is 0 Å². The Balaban J connectivity index is 1.44. The fourth-order valence-electron chi connectivity index (χ4n) is 3.56. The van der Waals surface area contributed by atoms with Crippen LogP contribution in [-0.2, 0) is 0 Å². The molecule has 0 unspecified atom stereocenters. The van der Waals surface area contributed by atoms with Crippen molar-refractivity contribution >= 4 is 33.3 Å². The van der Waals surface area contributed by atoms with Gasteiger partial charge in [0.15, 0.2) is 5.82 Å². The van der Waals surface area contributed by atoms with E-state index >= 15 is 0 Å². The van der Waals surface area contributed by atoms with E-state index in [2.05, 4.69) is 32.1 Å². The lowest BCUT2D eigenvalue weighted by atomic mass is 10.1. The Labute approximate surface area is 178 Å². The van der Waals surface area contributed by atoms with Crippen LogP contribution in [0.4, 0.5) is 10.3 Å². The molecule has 0 radical (unpaired) electrons. The second-order valence-electron chi connectivity index (χ2n) is 7.45. The summed E-state index contributed by atoms with van der Waals surface area (Å²) in [5.41, 5.74) is 0.385. The largest absolute Gasteiger partial charge is 0.478 e. The van der Waals surface area contributed by atoms with Gasteiger partial charge in [-0.05, 0) is 38.2 Å². The van der Waals surface area contributed by atoms with Crippen LogP contribution in [0.2, 0.25) is 0 Å². The molecule has 7 nitrogen and oxygen atoms in total. The highest BCUT2D eigenvalue weighted by molar-refractivity contribution is 7.22. The van der Waals surface area contributed by atoms with E-state index in [1.807, 2.05) is 6.07 Å². The van der Waals surface area contributed by atoms with Gasteiger partial charge in [-0.3, -0.25) is 0 Å². The summed E-state index contributed by atoms with van der Waals surface area (Å²) in [7, 11) is 2.14. The standard InChI is InChI=1S/C21H24FN5O2S/c1-26-8-10-27(11-9-26)7-3-6-23-21-24-13-16(22)19(25-21)18-12-15-14(20(28)29)4-2-5-17(15)30-18/h2,4-5,12-13H,3,6-11H2,1H3,(H,28,29)(H,23,24,25). The van der Waals surface area contributed by atoms with Gasteiger partial charge in [0.25, 0.3) is 0 Å². The molecule has 4 rings (SSSR count). The number of carbonyl (C=O) groups is 1. The summed E-state index contributed by atoms with van der Waals surface area (Å²) in [5, 5.41) is 13.1. The van der Waals surface area contributed by atoms with Crippen molar-refractivity contribution in [3.8, 4) is 10.6 Å². The Morgan fingerprint density at radius 2 is 2.10 bits per heavy atom. The van der Waals surface area contributed by atoms with Gasteiger partial charge in [-0.2, -0.15) is 0 Å². The van der Waals surface area contributed by atoms with Crippen LogP contribution in [0.15, 0.2) is 30.5 Å². The number of anilines is 1. The monoisotopic (exact) mass is 429 g/mol. The summed E-state index contributed by atoms with van der Waals surface area (Å²) in [5.74, 6) is -1.15. The molecular weight excluding hydrogens is 405 g/mol. The first-order chi connectivity index (χ1) is 14.5. The topological polar surface area (TPSA) is 81.6 Å². The third kappa shape index (κ3) is 4.58. The van der Waals surface area contributed by atoms with Gasteiger partial charge in [-0.25, -0.2) is 19.2 Å². The first-order valence-corrected chi connectivity index (χ1v) is 10.8. The summed E-state index contributed by atoms with van der Waals surface area (Å²) < 4.78 is 15.2. The molecule has 3 heterocycles. The van der Waals surface area contributed by atoms with Gasteiger partial charge in [0.1, 0.15) is 5.69 Å². The highest BCUT2D eigenvalue weighted by atomic mass is 32.1. The number of halogens is 1. The zero-order valence-corrected chi connectivity index (χ0v) is 17.6. The summed E-state index contributed by atoms with van der Waals surface area (Å²) in [6.07, 6.45) is 2.11. The van der Waals surface area contributed by atoms with Crippen LogP contribution in [0.1, 0.15) is 16.8 Å². The molecule has 1 aliphatic rings. The minimum atomic E-state index is -1.00. The number of thiophene rings is 1. The molecule has 30 heavy (non-hydrogen) atoms. The number of likely N-dealkylation sites (N-methyl/N-ethyl adjacent to an activating group) is 1. The third-order valence-electron chi connectivity index (χ3n) is 5.30. The van der Waals surface area contributed by atoms with Crippen LogP contribution in [0.25, 0.3) is 20.7 Å². The Kier molecular flexibility index (Phi) is 6.21. The van der Waals surface area contributed by atoms with Crippen LogP contribution in [0.3, 0.4) is 0 Å². The molecule has 1 saturated heterocycles. The van der Waals surface area contributed by atoms with Crippen LogP contribution < -0.4 is 5.32 Å². The molecule has 0 bridgehead atoms. The van der Waals surface area contributed by atoms with E-state index in [1.54, 1.807) is 18.2 Å². The number of fused-ring (bicyclic) bond motifs is 1. The minimum Gasteiger partial charge on any atom is -0.478 e. The first kappa shape index (κ1) is 20.6. The van der Waals surface area contributed by atoms with Crippen LogP contribution in [-0.4, -0.2) is 77.2 Å². The van der Waals surface area contributed by atoms with Crippen molar-refractivity contribution in [1.82, 2.24) is 19.8 Å². The number of piperazine rings is 1. The zero-order chi connectivity index (χ0) is 21.1. The van der Waals surface area contributed by atoms with Gasteiger partial charge in [0, 0.05) is 42.8 Å². The molecule has 9 heteroatoms. The first-order valence-electron chi connectivity index (χ1n) is 9.95. The lowest BCUT2D eigenvalue weighted by molar-refractivity contribution is 0.0699. The van der Waals surface area contributed by atoms with E-state index in [-0.39, 0.29) is 11.3 Å². The maximum absolute atomic E-state index is 14.4. The fourth-order valence-corrected chi connectivity index (χ4v) is 4.64. The summed E-state index contributed by atoms with van der Waals surface area (Å²) in [6, 6.07) is 6.75. The van der Waals surface area contributed by atoms with Crippen LogP contribution >= 0.6 is 11.3 Å². The smallest absolute Gasteiger partial charge is 0.336 e. The molecule has 1 fully saturated rings. The normalized spacial score (nSPS) is 15.5. The van der Waals surface area contributed by atoms with Crippen molar-refractivity contribution in [1.29, 1.82) is 0 Å². The van der Waals surface area contributed by atoms with E-state index in [9.17, 15) is 14.3 Å². The summed E-state index contributed by atoms with van der Waals surface area (Å²) >= 11 is 1.32. The number of aromatic nitrogens is 2. The minimum absolute atomic E-state index is 0.184. The van der Waals surface area contributed by atoms with Crippen LogP contribution in [0, 0.1) is 5.82 Å². The van der Waals surface area contributed by atoms with Gasteiger partial charge in [0.2, 0.25) is 5.95 Å². The fraction of sp³-hybridized carbons (Fsp3) is 0.381. The van der Waals surface area contributed by atoms with Crippen molar-refractivity contribution in [2.75, 3.05) is 51.6 Å². The van der Waals surface area contributed by atoms with Gasteiger partial charge in [-0.1, -0.05) is 6.07 Å². The average molecular weight is 430 g/mol. The maximum atomic E-state index is 14.4. The molecule has 2 N–H and O–H groups in total. The Morgan fingerprint density at radius 1 is 1.30 bits per heavy atom. The number of carboxylic acid groups (broad SMARTS) is 1. The van der Waals surface area contributed by atoms with Crippen molar-refractivity contribution in [2.24, 2.45) is 0 Å². The quantitative estimate of drug-likeness (QED) is 0.558. The molecule has 0 spiro atoms. The maximum Gasteiger partial charge on any atom is 0.336 e. The molecule has 0 atom stereocenters. The molecule has 158 valence electrons. The molecule has 1 aromatic carbocycles. The molecule has 3 aromatic rings. The zero-order valence-electron chi connectivity index (χ0n) is 16.8. The van der Waals surface area contributed by atoms with Crippen molar-refractivity contribution < 1.29 is 14.3 Å². The number of rotatable bonds is 7. The van der Waals surface area contributed by atoms with E-state index < -0.39 is 11.8 Å².